The number of hydrogen-bond donors (Lipinski definition) is 1. The molecule has 1 aromatic heterocycles. The number of rotatable bonds is 6. The van der Waals surface area contributed by atoms with E-state index in [9.17, 15) is 0 Å². The van der Waals surface area contributed by atoms with E-state index in [-0.39, 0.29) is 0 Å². The van der Waals surface area contributed by atoms with E-state index in [0.717, 1.165) is 17.9 Å². The van der Waals surface area contributed by atoms with Crippen LogP contribution in [0.25, 0.3) is 5.69 Å². The molecule has 0 fully saturated rings. The molecule has 96 valence electrons. The minimum absolute atomic E-state index is 0.700. The summed E-state index contributed by atoms with van der Waals surface area (Å²) in [6.45, 7) is 2.21. The van der Waals surface area contributed by atoms with Crippen molar-refractivity contribution in [1.29, 1.82) is 0 Å². The van der Waals surface area contributed by atoms with E-state index in [4.69, 9.17) is 4.74 Å². The number of methoxy groups -OCH3 is 1. The van der Waals surface area contributed by atoms with Crippen LogP contribution >= 0.6 is 22.6 Å². The third kappa shape index (κ3) is 3.76. The van der Waals surface area contributed by atoms with Gasteiger partial charge in [0.05, 0.1) is 24.2 Å². The van der Waals surface area contributed by atoms with Gasteiger partial charge in [-0.05, 0) is 46.9 Å². The second kappa shape index (κ2) is 6.81. The lowest BCUT2D eigenvalue weighted by Crippen LogP contribution is -2.18. The summed E-state index contributed by atoms with van der Waals surface area (Å²) in [5.74, 6) is 0. The summed E-state index contributed by atoms with van der Waals surface area (Å²) in [6.07, 6.45) is 1.93. The molecule has 1 heterocycles. The van der Waals surface area contributed by atoms with Gasteiger partial charge in [0.1, 0.15) is 0 Å². The van der Waals surface area contributed by atoms with Crippen LogP contribution in [0, 0.1) is 3.57 Å². The first-order valence-electron chi connectivity index (χ1n) is 5.66. The summed E-state index contributed by atoms with van der Waals surface area (Å²) in [6, 6.07) is 8.15. The Kier molecular flexibility index (Phi) is 5.09. The summed E-state index contributed by atoms with van der Waals surface area (Å²) in [5.41, 5.74) is 1.94. The zero-order valence-electron chi connectivity index (χ0n) is 10.1. The van der Waals surface area contributed by atoms with Crippen molar-refractivity contribution in [1.82, 2.24) is 20.3 Å². The van der Waals surface area contributed by atoms with Crippen LogP contribution in [0.4, 0.5) is 0 Å². The predicted molar refractivity (Wildman–Crippen MR) is 77.7 cm³/mol. The van der Waals surface area contributed by atoms with Gasteiger partial charge in [0.2, 0.25) is 0 Å². The number of benzene rings is 1. The first kappa shape index (κ1) is 13.4. The Morgan fingerprint density at radius 3 is 2.83 bits per heavy atom. The number of aromatic nitrogens is 3. The van der Waals surface area contributed by atoms with Gasteiger partial charge in [-0.25, -0.2) is 4.68 Å². The van der Waals surface area contributed by atoms with Gasteiger partial charge in [-0.2, -0.15) is 0 Å². The Morgan fingerprint density at radius 1 is 1.33 bits per heavy atom. The van der Waals surface area contributed by atoms with Crippen LogP contribution in [-0.2, 0) is 11.3 Å². The van der Waals surface area contributed by atoms with Crippen molar-refractivity contribution in [2.24, 2.45) is 0 Å². The average Bonchev–Trinajstić information content (AvgIpc) is 2.84. The molecular weight excluding hydrogens is 343 g/mol. The molecule has 6 heteroatoms. The van der Waals surface area contributed by atoms with Crippen molar-refractivity contribution < 1.29 is 4.74 Å². The largest absolute Gasteiger partial charge is 0.383 e. The van der Waals surface area contributed by atoms with Crippen LogP contribution < -0.4 is 5.32 Å². The standard InChI is InChI=1S/C12H15IN4O/c1-18-7-6-14-8-11-9-17(16-15-11)12-4-2-10(13)3-5-12/h2-5,9,14H,6-8H2,1H3. The molecule has 0 unspecified atom stereocenters. The second-order valence-corrected chi connectivity index (χ2v) is 5.05. The smallest absolute Gasteiger partial charge is 0.0969 e. The normalized spacial score (nSPS) is 10.8. The van der Waals surface area contributed by atoms with Crippen LogP contribution in [0.2, 0.25) is 0 Å². The second-order valence-electron chi connectivity index (χ2n) is 3.80. The molecule has 0 amide bonds. The van der Waals surface area contributed by atoms with Crippen molar-refractivity contribution in [3.63, 3.8) is 0 Å². The van der Waals surface area contributed by atoms with Gasteiger partial charge >= 0.3 is 0 Å². The molecule has 1 N–H and O–H groups in total. The van der Waals surface area contributed by atoms with Gasteiger partial charge in [0.25, 0.3) is 0 Å². The third-order valence-electron chi connectivity index (χ3n) is 2.42. The van der Waals surface area contributed by atoms with Crippen molar-refractivity contribution >= 4 is 22.6 Å². The molecule has 2 aromatic rings. The lowest BCUT2D eigenvalue weighted by Gasteiger charge is -2.00. The maximum Gasteiger partial charge on any atom is 0.0969 e. The molecule has 0 radical (unpaired) electrons. The summed E-state index contributed by atoms with van der Waals surface area (Å²) < 4.78 is 7.95. The van der Waals surface area contributed by atoms with Gasteiger partial charge in [-0.3, -0.25) is 0 Å². The van der Waals surface area contributed by atoms with Crippen LogP contribution in [-0.4, -0.2) is 35.3 Å². The highest BCUT2D eigenvalue weighted by Gasteiger charge is 2.02. The van der Waals surface area contributed by atoms with Gasteiger partial charge in [-0.15, -0.1) is 5.10 Å². The fraction of sp³-hybridized carbons (Fsp3) is 0.333. The van der Waals surface area contributed by atoms with E-state index in [0.29, 0.717) is 13.2 Å². The number of ether oxygens (including phenoxy) is 1. The summed E-state index contributed by atoms with van der Waals surface area (Å²) >= 11 is 2.28. The molecule has 5 nitrogen and oxygen atoms in total. The SMILES string of the molecule is COCCNCc1cn(-c2ccc(I)cc2)nn1. The van der Waals surface area contributed by atoms with Crippen molar-refractivity contribution in [3.05, 3.63) is 39.7 Å². The average molecular weight is 358 g/mol. The fourth-order valence-electron chi connectivity index (χ4n) is 1.49. The Labute approximate surface area is 120 Å². The first-order valence-corrected chi connectivity index (χ1v) is 6.74. The predicted octanol–water partition coefficient (Wildman–Crippen LogP) is 1.61. The van der Waals surface area contributed by atoms with E-state index >= 15 is 0 Å². The molecule has 0 saturated carbocycles. The molecule has 0 bridgehead atoms. The number of hydrogen-bond acceptors (Lipinski definition) is 4. The number of nitrogens with zero attached hydrogens (tertiary/aromatic N) is 3. The summed E-state index contributed by atoms with van der Waals surface area (Å²) in [4.78, 5) is 0. The highest BCUT2D eigenvalue weighted by atomic mass is 127. The Bertz CT molecular complexity index is 483. The first-order chi connectivity index (χ1) is 8.79. The maximum atomic E-state index is 4.96. The van der Waals surface area contributed by atoms with Crippen LogP contribution in [0.1, 0.15) is 5.69 Å². The minimum Gasteiger partial charge on any atom is -0.383 e. The topological polar surface area (TPSA) is 52.0 Å². The summed E-state index contributed by atoms with van der Waals surface area (Å²) in [5, 5.41) is 11.5. The van der Waals surface area contributed by atoms with E-state index < -0.39 is 0 Å². The molecule has 0 aliphatic heterocycles. The zero-order chi connectivity index (χ0) is 12.8. The van der Waals surface area contributed by atoms with Gasteiger partial charge in [-0.1, -0.05) is 5.21 Å². The van der Waals surface area contributed by atoms with E-state index in [1.807, 2.05) is 30.5 Å². The Balaban J connectivity index is 1.95. The Morgan fingerprint density at radius 2 is 2.11 bits per heavy atom. The van der Waals surface area contributed by atoms with Crippen LogP contribution in [0.3, 0.4) is 0 Å². The molecular formula is C12H15IN4O. The molecule has 1 aromatic carbocycles. The lowest BCUT2D eigenvalue weighted by atomic mass is 10.3. The van der Waals surface area contributed by atoms with Gasteiger partial charge in [0.15, 0.2) is 0 Å². The van der Waals surface area contributed by atoms with Crippen LogP contribution in [0.5, 0.6) is 0 Å². The molecule has 18 heavy (non-hydrogen) atoms. The van der Waals surface area contributed by atoms with Crippen molar-refractivity contribution in [3.8, 4) is 5.69 Å². The highest BCUT2D eigenvalue weighted by Crippen LogP contribution is 2.10. The highest BCUT2D eigenvalue weighted by molar-refractivity contribution is 14.1. The lowest BCUT2D eigenvalue weighted by molar-refractivity contribution is 0.199. The fourth-order valence-corrected chi connectivity index (χ4v) is 1.85. The third-order valence-corrected chi connectivity index (χ3v) is 3.14. The monoisotopic (exact) mass is 358 g/mol. The molecule has 0 aliphatic carbocycles. The minimum atomic E-state index is 0.700. The maximum absolute atomic E-state index is 4.96. The molecule has 0 atom stereocenters. The van der Waals surface area contributed by atoms with Crippen molar-refractivity contribution in [2.75, 3.05) is 20.3 Å². The van der Waals surface area contributed by atoms with Gasteiger partial charge < -0.3 is 10.1 Å². The number of nitrogens with one attached hydrogen (secondary N) is 1. The quantitative estimate of drug-likeness (QED) is 0.630. The number of halogens is 1. The Hall–Kier alpha value is -0.990. The van der Waals surface area contributed by atoms with Crippen molar-refractivity contribution in [2.45, 2.75) is 6.54 Å². The van der Waals surface area contributed by atoms with E-state index in [1.165, 1.54) is 3.57 Å². The summed E-state index contributed by atoms with van der Waals surface area (Å²) in [7, 11) is 1.69. The molecule has 2 rings (SSSR count). The van der Waals surface area contributed by atoms with E-state index in [1.54, 1.807) is 11.8 Å². The van der Waals surface area contributed by atoms with Gasteiger partial charge in [0, 0.05) is 23.8 Å². The van der Waals surface area contributed by atoms with Crippen LogP contribution in [0.15, 0.2) is 30.5 Å². The molecule has 0 spiro atoms. The zero-order valence-corrected chi connectivity index (χ0v) is 12.3. The molecule has 0 saturated heterocycles. The van der Waals surface area contributed by atoms with E-state index in [2.05, 4.69) is 38.2 Å². The molecule has 0 aliphatic rings.